The first kappa shape index (κ1) is 20.6. The van der Waals surface area contributed by atoms with Crippen LogP contribution in [0.15, 0.2) is 77.3 Å². The van der Waals surface area contributed by atoms with Gasteiger partial charge in [-0.2, -0.15) is 0 Å². The van der Waals surface area contributed by atoms with Crippen LogP contribution in [-0.4, -0.2) is 24.0 Å². The number of carbonyl (C=O) groups excluding carboxylic acids is 1. The van der Waals surface area contributed by atoms with E-state index in [1.165, 1.54) is 12.1 Å². The Morgan fingerprint density at radius 2 is 1.80 bits per heavy atom. The predicted octanol–water partition coefficient (Wildman–Crippen LogP) is 5.67. The fourth-order valence-electron chi connectivity index (χ4n) is 3.91. The molecule has 1 N–H and O–H groups in total. The van der Waals surface area contributed by atoms with Crippen molar-refractivity contribution in [2.75, 3.05) is 18.5 Å². The number of esters is 1. The standard InChI is InChI=1S/C24H22BrFN2O2/c1-2-30-22(29)15-28-23(16-6-4-3-5-7-16)20-14-18(25)10-13-21(20)27-24(28)17-8-11-19(26)12-9-17/h3-14,23-24,27H,2,15H2,1H3/t23-,24-/m1/s1. The third-order valence-corrected chi connectivity index (χ3v) is 5.68. The number of rotatable bonds is 5. The average molecular weight is 469 g/mol. The molecule has 1 heterocycles. The SMILES string of the molecule is CCOC(=O)CN1[C@H](c2ccccc2)c2cc(Br)ccc2N[C@H]1c1ccc(F)cc1. The molecule has 0 saturated heterocycles. The Balaban J connectivity index is 1.86. The minimum absolute atomic E-state index is 0.0917. The zero-order valence-corrected chi connectivity index (χ0v) is 18.1. The minimum atomic E-state index is -0.325. The molecular weight excluding hydrogens is 447 g/mol. The smallest absolute Gasteiger partial charge is 0.320 e. The summed E-state index contributed by atoms with van der Waals surface area (Å²) < 4.78 is 19.8. The van der Waals surface area contributed by atoms with Crippen molar-refractivity contribution >= 4 is 27.6 Å². The molecule has 154 valence electrons. The summed E-state index contributed by atoms with van der Waals surface area (Å²) in [7, 11) is 0. The summed E-state index contributed by atoms with van der Waals surface area (Å²) in [5, 5.41) is 3.53. The van der Waals surface area contributed by atoms with Crippen molar-refractivity contribution in [1.82, 2.24) is 4.90 Å². The predicted molar refractivity (Wildman–Crippen MR) is 119 cm³/mol. The quantitative estimate of drug-likeness (QED) is 0.490. The van der Waals surface area contributed by atoms with Gasteiger partial charge in [-0.15, -0.1) is 0 Å². The number of hydrogen-bond donors (Lipinski definition) is 1. The van der Waals surface area contributed by atoms with Crippen LogP contribution in [0.2, 0.25) is 0 Å². The highest BCUT2D eigenvalue weighted by Crippen LogP contribution is 2.44. The van der Waals surface area contributed by atoms with Crippen molar-refractivity contribution in [1.29, 1.82) is 0 Å². The fraction of sp³-hybridized carbons (Fsp3) is 0.208. The van der Waals surface area contributed by atoms with Crippen LogP contribution in [-0.2, 0) is 9.53 Å². The Morgan fingerprint density at radius 3 is 2.50 bits per heavy atom. The number of nitrogens with zero attached hydrogens (tertiary/aromatic N) is 1. The van der Waals surface area contributed by atoms with E-state index in [1.807, 2.05) is 30.3 Å². The van der Waals surface area contributed by atoms with Crippen LogP contribution in [0.4, 0.5) is 10.1 Å². The highest BCUT2D eigenvalue weighted by molar-refractivity contribution is 9.10. The number of nitrogens with one attached hydrogen (secondary N) is 1. The maximum absolute atomic E-state index is 13.6. The molecule has 1 aliphatic heterocycles. The van der Waals surface area contributed by atoms with Crippen LogP contribution in [0.5, 0.6) is 0 Å². The molecule has 6 heteroatoms. The summed E-state index contributed by atoms with van der Waals surface area (Å²) >= 11 is 3.57. The van der Waals surface area contributed by atoms with Crippen LogP contribution < -0.4 is 5.32 Å². The largest absolute Gasteiger partial charge is 0.465 e. The summed E-state index contributed by atoms with van der Waals surface area (Å²) in [5.74, 6) is -0.596. The second-order valence-electron chi connectivity index (χ2n) is 7.12. The summed E-state index contributed by atoms with van der Waals surface area (Å²) in [5.41, 5.74) is 3.96. The highest BCUT2D eigenvalue weighted by Gasteiger charge is 2.37. The number of halogens is 2. The van der Waals surface area contributed by atoms with Gasteiger partial charge in [0.15, 0.2) is 0 Å². The monoisotopic (exact) mass is 468 g/mol. The lowest BCUT2D eigenvalue weighted by atomic mass is 9.91. The van der Waals surface area contributed by atoms with Gasteiger partial charge in [0.1, 0.15) is 12.0 Å². The fourth-order valence-corrected chi connectivity index (χ4v) is 4.29. The molecule has 0 saturated carbocycles. The molecule has 4 rings (SSSR count). The lowest BCUT2D eigenvalue weighted by Gasteiger charge is -2.44. The average Bonchev–Trinajstić information content (AvgIpc) is 2.75. The molecule has 0 aromatic heterocycles. The van der Waals surface area contributed by atoms with E-state index in [-0.39, 0.29) is 30.5 Å². The zero-order chi connectivity index (χ0) is 21.1. The third kappa shape index (κ3) is 4.25. The van der Waals surface area contributed by atoms with Crippen LogP contribution >= 0.6 is 15.9 Å². The first-order chi connectivity index (χ1) is 14.6. The maximum atomic E-state index is 13.6. The Hall–Kier alpha value is -2.70. The van der Waals surface area contributed by atoms with Crippen molar-refractivity contribution in [3.63, 3.8) is 0 Å². The molecular formula is C24H22BrFN2O2. The molecule has 30 heavy (non-hydrogen) atoms. The van der Waals surface area contributed by atoms with E-state index in [4.69, 9.17) is 4.74 Å². The molecule has 0 radical (unpaired) electrons. The summed E-state index contributed by atoms with van der Waals surface area (Å²) in [4.78, 5) is 14.6. The molecule has 3 aromatic carbocycles. The topological polar surface area (TPSA) is 41.6 Å². The van der Waals surface area contributed by atoms with Gasteiger partial charge in [-0.05, 0) is 53.9 Å². The molecule has 0 bridgehead atoms. The Labute approximate surface area is 183 Å². The maximum Gasteiger partial charge on any atom is 0.320 e. The highest BCUT2D eigenvalue weighted by atomic mass is 79.9. The number of fused-ring (bicyclic) bond motifs is 1. The number of benzene rings is 3. The van der Waals surface area contributed by atoms with E-state index in [1.54, 1.807) is 19.1 Å². The van der Waals surface area contributed by atoms with Crippen LogP contribution in [0.1, 0.15) is 35.8 Å². The van der Waals surface area contributed by atoms with E-state index in [2.05, 4.69) is 44.3 Å². The molecule has 0 aliphatic carbocycles. The van der Waals surface area contributed by atoms with Gasteiger partial charge in [-0.1, -0.05) is 58.4 Å². The van der Waals surface area contributed by atoms with Crippen molar-refractivity contribution in [3.05, 3.63) is 99.8 Å². The van der Waals surface area contributed by atoms with Gasteiger partial charge in [0, 0.05) is 10.2 Å². The second kappa shape index (κ2) is 8.98. The molecule has 0 spiro atoms. The van der Waals surface area contributed by atoms with Crippen molar-refractivity contribution in [2.24, 2.45) is 0 Å². The Bertz CT molecular complexity index is 1030. The minimum Gasteiger partial charge on any atom is -0.465 e. The zero-order valence-electron chi connectivity index (χ0n) is 16.5. The van der Waals surface area contributed by atoms with Crippen LogP contribution in [0, 0.1) is 5.82 Å². The summed E-state index contributed by atoms with van der Waals surface area (Å²) in [6, 6.07) is 22.3. The number of hydrogen-bond acceptors (Lipinski definition) is 4. The van der Waals surface area contributed by atoms with Gasteiger partial charge in [-0.3, -0.25) is 9.69 Å². The van der Waals surface area contributed by atoms with E-state index in [0.717, 1.165) is 26.9 Å². The normalized spacial score (nSPS) is 18.4. The van der Waals surface area contributed by atoms with Crippen LogP contribution in [0.3, 0.4) is 0 Å². The lowest BCUT2D eigenvalue weighted by Crippen LogP contribution is -2.44. The van der Waals surface area contributed by atoms with Gasteiger partial charge >= 0.3 is 5.97 Å². The van der Waals surface area contributed by atoms with E-state index < -0.39 is 0 Å². The van der Waals surface area contributed by atoms with E-state index in [9.17, 15) is 9.18 Å². The molecule has 4 nitrogen and oxygen atoms in total. The van der Waals surface area contributed by atoms with Crippen LogP contribution in [0.25, 0.3) is 0 Å². The van der Waals surface area contributed by atoms with Gasteiger partial charge in [-0.25, -0.2) is 4.39 Å². The molecule has 0 fully saturated rings. The summed E-state index contributed by atoms with van der Waals surface area (Å²) in [6.07, 6.45) is -0.325. The second-order valence-corrected chi connectivity index (χ2v) is 8.04. The Kier molecular flexibility index (Phi) is 6.16. The first-order valence-corrected chi connectivity index (χ1v) is 10.6. The van der Waals surface area contributed by atoms with Crippen molar-refractivity contribution in [3.8, 4) is 0 Å². The lowest BCUT2D eigenvalue weighted by molar-refractivity contribution is -0.145. The molecule has 2 atom stereocenters. The van der Waals surface area contributed by atoms with E-state index >= 15 is 0 Å². The van der Waals surface area contributed by atoms with Gasteiger partial charge in [0.25, 0.3) is 0 Å². The molecule has 1 aliphatic rings. The van der Waals surface area contributed by atoms with E-state index in [0.29, 0.717) is 6.61 Å². The molecule has 3 aromatic rings. The van der Waals surface area contributed by atoms with Crippen molar-refractivity contribution < 1.29 is 13.9 Å². The van der Waals surface area contributed by atoms with Gasteiger partial charge in [0.05, 0.1) is 19.2 Å². The summed E-state index contributed by atoms with van der Waals surface area (Å²) in [6.45, 7) is 2.21. The van der Waals surface area contributed by atoms with Crippen molar-refractivity contribution in [2.45, 2.75) is 19.1 Å². The van der Waals surface area contributed by atoms with Gasteiger partial charge < -0.3 is 10.1 Å². The van der Waals surface area contributed by atoms with Gasteiger partial charge in [0.2, 0.25) is 0 Å². The number of carbonyl (C=O) groups is 1. The number of ether oxygens (including phenoxy) is 1. The molecule has 0 unspecified atom stereocenters. The Morgan fingerprint density at radius 1 is 1.07 bits per heavy atom. The third-order valence-electron chi connectivity index (χ3n) is 5.18. The number of anilines is 1. The molecule has 0 amide bonds. The first-order valence-electron chi connectivity index (χ1n) is 9.84.